The molecule has 1 aliphatic rings. The van der Waals surface area contributed by atoms with E-state index in [0.717, 1.165) is 22.4 Å². The minimum atomic E-state index is -0.645. The zero-order chi connectivity index (χ0) is 16.3. The molecule has 0 radical (unpaired) electrons. The Bertz CT molecular complexity index is 763. The number of carbonyl (C=O) groups is 1. The van der Waals surface area contributed by atoms with Gasteiger partial charge in [0.05, 0.1) is 0 Å². The van der Waals surface area contributed by atoms with Crippen LogP contribution in [-0.4, -0.2) is 5.91 Å². The largest absolute Gasteiger partial charge is 0.360 e. The third-order valence-electron chi connectivity index (χ3n) is 3.47. The number of carbonyl (C=O) groups excluding carboxylic acids is 1. The quantitative estimate of drug-likeness (QED) is 0.483. The Labute approximate surface area is 144 Å². The number of hydrogen-bond acceptors (Lipinski definition) is 3. The zero-order valence-electron chi connectivity index (χ0n) is 12.3. The lowest BCUT2D eigenvalue weighted by molar-refractivity contribution is -0.111. The van der Waals surface area contributed by atoms with Crippen LogP contribution in [0.1, 0.15) is 5.56 Å². The van der Waals surface area contributed by atoms with Gasteiger partial charge in [0, 0.05) is 17.5 Å². The fourth-order valence-electron chi connectivity index (χ4n) is 2.29. The summed E-state index contributed by atoms with van der Waals surface area (Å²) in [5.41, 5.74) is 3.86. The van der Waals surface area contributed by atoms with Crippen molar-refractivity contribution in [1.29, 1.82) is 0 Å². The van der Waals surface area contributed by atoms with E-state index in [1.807, 2.05) is 54.1 Å². The maximum Gasteiger partial charge on any atom is 0.247 e. The highest BCUT2D eigenvalue weighted by atomic mass is 35.5. The molecule has 23 heavy (non-hydrogen) atoms. The third kappa shape index (κ3) is 3.44. The number of rotatable bonds is 4. The van der Waals surface area contributed by atoms with Gasteiger partial charge in [0.25, 0.3) is 0 Å². The minimum Gasteiger partial charge on any atom is -0.360 e. The molecule has 1 unspecified atom stereocenters. The van der Waals surface area contributed by atoms with Crippen molar-refractivity contribution in [2.45, 2.75) is 4.33 Å². The average molecular weight is 343 g/mol. The minimum absolute atomic E-state index is 0.222. The Kier molecular flexibility index (Phi) is 4.46. The van der Waals surface area contributed by atoms with Gasteiger partial charge in [-0.3, -0.25) is 4.79 Å². The molecule has 0 bridgehead atoms. The van der Waals surface area contributed by atoms with Gasteiger partial charge in [-0.05, 0) is 40.8 Å². The number of anilines is 1. The second-order valence-corrected chi connectivity index (χ2v) is 6.92. The molecule has 2 aromatic carbocycles. The van der Waals surface area contributed by atoms with Crippen LogP contribution in [0.25, 0.3) is 11.1 Å². The number of alkyl halides is 1. The summed E-state index contributed by atoms with van der Waals surface area (Å²) in [4.78, 5) is 11.3. The van der Waals surface area contributed by atoms with E-state index in [-0.39, 0.29) is 5.91 Å². The first kappa shape index (κ1) is 15.7. The van der Waals surface area contributed by atoms with Crippen molar-refractivity contribution in [3.05, 3.63) is 78.4 Å². The van der Waals surface area contributed by atoms with Gasteiger partial charge >= 0.3 is 0 Å². The molecule has 2 N–H and O–H groups in total. The molecule has 1 heterocycles. The Balaban J connectivity index is 1.84. The number of benzene rings is 2. The molecule has 0 aliphatic carbocycles. The van der Waals surface area contributed by atoms with Gasteiger partial charge in [0.1, 0.15) is 0 Å². The molecule has 0 fully saturated rings. The highest BCUT2D eigenvalue weighted by molar-refractivity contribution is 8.04. The Morgan fingerprint density at radius 2 is 2.00 bits per heavy atom. The summed E-state index contributed by atoms with van der Waals surface area (Å²) in [7, 11) is 0. The van der Waals surface area contributed by atoms with Crippen LogP contribution < -0.4 is 10.6 Å². The van der Waals surface area contributed by atoms with Crippen LogP contribution in [0.3, 0.4) is 0 Å². The first-order valence-corrected chi connectivity index (χ1v) is 8.30. The van der Waals surface area contributed by atoms with Gasteiger partial charge in [0.15, 0.2) is 4.33 Å². The van der Waals surface area contributed by atoms with Crippen molar-refractivity contribution in [3.63, 3.8) is 0 Å². The van der Waals surface area contributed by atoms with Crippen molar-refractivity contribution in [2.75, 3.05) is 5.32 Å². The van der Waals surface area contributed by atoms with E-state index in [2.05, 4.69) is 23.3 Å². The first-order chi connectivity index (χ1) is 11.1. The normalized spacial score (nSPS) is 19.2. The highest BCUT2D eigenvalue weighted by Crippen LogP contribution is 2.43. The number of nitrogens with one attached hydrogen (secondary N) is 2. The molecule has 116 valence electrons. The number of hydrogen-bond donors (Lipinski definition) is 2. The van der Waals surface area contributed by atoms with Crippen molar-refractivity contribution in [3.8, 4) is 11.1 Å². The molecule has 0 saturated carbocycles. The van der Waals surface area contributed by atoms with Crippen LogP contribution in [0, 0.1) is 0 Å². The first-order valence-electron chi connectivity index (χ1n) is 7.04. The van der Waals surface area contributed by atoms with E-state index >= 15 is 0 Å². The van der Waals surface area contributed by atoms with E-state index in [0.29, 0.717) is 0 Å². The molecule has 0 saturated heterocycles. The Morgan fingerprint density at radius 3 is 2.65 bits per heavy atom. The maximum atomic E-state index is 11.3. The van der Waals surface area contributed by atoms with Crippen LogP contribution in [0.15, 0.2) is 72.8 Å². The summed E-state index contributed by atoms with van der Waals surface area (Å²) in [6.07, 6.45) is 3.10. The zero-order valence-corrected chi connectivity index (χ0v) is 13.8. The summed E-state index contributed by atoms with van der Waals surface area (Å²) in [6, 6.07) is 15.8. The lowest BCUT2D eigenvalue weighted by Crippen LogP contribution is -2.25. The second kappa shape index (κ2) is 6.52. The van der Waals surface area contributed by atoms with Gasteiger partial charge in [-0.2, -0.15) is 0 Å². The van der Waals surface area contributed by atoms with Crippen LogP contribution in [0.5, 0.6) is 0 Å². The average Bonchev–Trinajstić information content (AvgIpc) is 3.03. The molecule has 0 spiro atoms. The topological polar surface area (TPSA) is 41.1 Å². The molecule has 1 atom stereocenters. The molecular formula is C18H15ClN2OS. The fraction of sp³-hybridized carbons (Fsp3) is 0.0556. The Hall–Kier alpha value is -2.17. The van der Waals surface area contributed by atoms with Crippen LogP contribution in [0.2, 0.25) is 0 Å². The highest BCUT2D eigenvalue weighted by Gasteiger charge is 2.31. The van der Waals surface area contributed by atoms with Crippen molar-refractivity contribution in [1.82, 2.24) is 5.32 Å². The molecular weight excluding hydrogens is 328 g/mol. The molecule has 5 heteroatoms. The SMILES string of the molecule is C=CC(=O)Nc1ccc(-c2cccc(C3(Cl)NC=CS3)c2)cc1. The summed E-state index contributed by atoms with van der Waals surface area (Å²) >= 11 is 8.12. The van der Waals surface area contributed by atoms with Crippen molar-refractivity contribution < 1.29 is 4.79 Å². The molecule has 3 rings (SSSR count). The van der Waals surface area contributed by atoms with E-state index in [1.165, 1.54) is 17.8 Å². The van der Waals surface area contributed by atoms with Crippen molar-refractivity contribution >= 4 is 35.0 Å². The monoisotopic (exact) mass is 342 g/mol. The van der Waals surface area contributed by atoms with E-state index in [9.17, 15) is 4.79 Å². The smallest absolute Gasteiger partial charge is 0.247 e. The van der Waals surface area contributed by atoms with E-state index in [4.69, 9.17) is 11.6 Å². The predicted molar refractivity (Wildman–Crippen MR) is 98.1 cm³/mol. The lowest BCUT2D eigenvalue weighted by atomic mass is 10.0. The van der Waals surface area contributed by atoms with Gasteiger partial charge in [-0.25, -0.2) is 0 Å². The summed E-state index contributed by atoms with van der Waals surface area (Å²) < 4.78 is -0.645. The summed E-state index contributed by atoms with van der Waals surface area (Å²) in [5, 5.41) is 7.83. The van der Waals surface area contributed by atoms with Gasteiger partial charge < -0.3 is 10.6 Å². The summed E-state index contributed by atoms with van der Waals surface area (Å²) in [5.74, 6) is -0.222. The molecule has 1 amide bonds. The summed E-state index contributed by atoms with van der Waals surface area (Å²) in [6.45, 7) is 3.44. The van der Waals surface area contributed by atoms with Gasteiger partial charge in [0.2, 0.25) is 5.91 Å². The van der Waals surface area contributed by atoms with Crippen LogP contribution in [-0.2, 0) is 9.12 Å². The van der Waals surface area contributed by atoms with Gasteiger partial charge in [-0.15, -0.1) is 0 Å². The molecule has 2 aromatic rings. The van der Waals surface area contributed by atoms with Crippen molar-refractivity contribution in [2.24, 2.45) is 0 Å². The number of thioether (sulfide) groups is 1. The second-order valence-electron chi connectivity index (χ2n) is 5.01. The van der Waals surface area contributed by atoms with Crippen LogP contribution in [0.4, 0.5) is 5.69 Å². The lowest BCUT2D eigenvalue weighted by Gasteiger charge is -2.22. The predicted octanol–water partition coefficient (Wildman–Crippen LogP) is 4.63. The fourth-order valence-corrected chi connectivity index (χ4v) is 3.35. The van der Waals surface area contributed by atoms with E-state index < -0.39 is 4.33 Å². The molecule has 0 aromatic heterocycles. The standard InChI is InChI=1S/C18H15ClN2OS/c1-2-17(22)21-16-8-6-13(7-9-16)14-4-3-5-15(12-14)18(19)20-10-11-23-18/h2-12,20H,1H2,(H,21,22). The molecule has 3 nitrogen and oxygen atoms in total. The van der Waals surface area contributed by atoms with Crippen LogP contribution >= 0.6 is 23.4 Å². The third-order valence-corrected chi connectivity index (χ3v) is 5.02. The maximum absolute atomic E-state index is 11.3. The Morgan fingerprint density at radius 1 is 1.22 bits per heavy atom. The molecule has 1 aliphatic heterocycles. The number of halogens is 1. The van der Waals surface area contributed by atoms with Gasteiger partial charge in [-0.1, -0.05) is 60.3 Å². The number of amides is 1. The van der Waals surface area contributed by atoms with E-state index in [1.54, 1.807) is 0 Å².